The molecule has 0 amide bonds. The van der Waals surface area contributed by atoms with Gasteiger partial charge in [-0.2, -0.15) is 0 Å². The summed E-state index contributed by atoms with van der Waals surface area (Å²) in [7, 11) is 0. The van der Waals surface area contributed by atoms with Crippen molar-refractivity contribution in [3.63, 3.8) is 0 Å². The Morgan fingerprint density at radius 3 is 3.19 bits per heavy atom. The predicted molar refractivity (Wildman–Crippen MR) is 65.1 cm³/mol. The lowest BCUT2D eigenvalue weighted by Crippen LogP contribution is -2.35. The number of nitrogen functional groups attached to an aromatic ring is 1. The number of aromatic nitrogens is 1. The Kier molecular flexibility index (Phi) is 3.38. The highest BCUT2D eigenvalue weighted by atomic mass is 32.1. The Morgan fingerprint density at radius 1 is 1.69 bits per heavy atom. The van der Waals surface area contributed by atoms with Crippen molar-refractivity contribution in [1.29, 1.82) is 0 Å². The Bertz CT molecular complexity index is 379. The van der Waals surface area contributed by atoms with Gasteiger partial charge < -0.3 is 5.73 Å². The number of hydrogen-bond acceptors (Lipinski definition) is 5. The molecule has 0 aliphatic heterocycles. The molecule has 5 nitrogen and oxygen atoms in total. The van der Waals surface area contributed by atoms with E-state index in [0.29, 0.717) is 5.13 Å². The van der Waals surface area contributed by atoms with E-state index in [1.807, 2.05) is 0 Å². The van der Waals surface area contributed by atoms with Gasteiger partial charge in [0.2, 0.25) is 0 Å². The lowest BCUT2D eigenvalue weighted by Gasteiger charge is -2.28. The van der Waals surface area contributed by atoms with Crippen molar-refractivity contribution < 1.29 is 0 Å². The van der Waals surface area contributed by atoms with Gasteiger partial charge in [0.05, 0.1) is 17.0 Å². The first kappa shape index (κ1) is 11.3. The van der Waals surface area contributed by atoms with Crippen molar-refractivity contribution in [2.45, 2.75) is 38.6 Å². The second-order valence-corrected chi connectivity index (χ2v) is 5.18. The second-order valence-electron chi connectivity index (χ2n) is 4.06. The molecule has 0 radical (unpaired) electrons. The number of nitrogens with zero attached hydrogens (tertiary/aromatic N) is 3. The number of thiazole rings is 1. The molecule has 0 unspecified atom stereocenters. The van der Waals surface area contributed by atoms with E-state index in [4.69, 9.17) is 5.73 Å². The van der Waals surface area contributed by atoms with Crippen LogP contribution in [0.15, 0.2) is 5.29 Å². The van der Waals surface area contributed by atoms with Crippen molar-refractivity contribution in [3.05, 3.63) is 15.5 Å². The summed E-state index contributed by atoms with van der Waals surface area (Å²) in [5.41, 5.74) is 6.79. The first-order valence-electron chi connectivity index (χ1n) is 5.58. The Labute approximate surface area is 98.6 Å². The molecule has 1 atom stereocenters. The molecular weight excluding hydrogens is 224 g/mol. The first-order valence-corrected chi connectivity index (χ1v) is 6.40. The van der Waals surface area contributed by atoms with Crippen molar-refractivity contribution in [3.8, 4) is 0 Å². The monoisotopic (exact) mass is 240 g/mol. The maximum atomic E-state index is 10.8. The summed E-state index contributed by atoms with van der Waals surface area (Å²) in [6.45, 7) is 2.79. The highest BCUT2D eigenvalue weighted by molar-refractivity contribution is 7.15. The minimum Gasteiger partial charge on any atom is -0.375 e. The number of fused-ring (bicyclic) bond motifs is 1. The van der Waals surface area contributed by atoms with E-state index in [-0.39, 0.29) is 6.04 Å². The van der Waals surface area contributed by atoms with Crippen LogP contribution >= 0.6 is 11.3 Å². The maximum absolute atomic E-state index is 10.8. The van der Waals surface area contributed by atoms with Crippen LogP contribution in [0.25, 0.3) is 0 Å². The van der Waals surface area contributed by atoms with E-state index < -0.39 is 0 Å². The fraction of sp³-hybridized carbons (Fsp3) is 0.700. The van der Waals surface area contributed by atoms with Gasteiger partial charge >= 0.3 is 0 Å². The third-order valence-electron chi connectivity index (χ3n) is 2.91. The van der Waals surface area contributed by atoms with Gasteiger partial charge in [0.15, 0.2) is 5.13 Å². The molecule has 88 valence electrons. The lowest BCUT2D eigenvalue weighted by molar-refractivity contribution is 0.185. The van der Waals surface area contributed by atoms with Crippen molar-refractivity contribution in [2.75, 3.05) is 12.3 Å². The number of aryl methyl sites for hydroxylation is 1. The van der Waals surface area contributed by atoms with E-state index in [1.54, 1.807) is 5.01 Å². The summed E-state index contributed by atoms with van der Waals surface area (Å²) in [5, 5.41) is 5.41. The van der Waals surface area contributed by atoms with E-state index in [1.165, 1.54) is 16.2 Å². The fourth-order valence-corrected chi connectivity index (χ4v) is 3.10. The third kappa shape index (κ3) is 2.16. The van der Waals surface area contributed by atoms with Gasteiger partial charge in [-0.25, -0.2) is 4.98 Å². The van der Waals surface area contributed by atoms with Crippen LogP contribution in [0.5, 0.6) is 0 Å². The van der Waals surface area contributed by atoms with Crippen molar-refractivity contribution >= 4 is 16.5 Å². The van der Waals surface area contributed by atoms with Gasteiger partial charge in [0, 0.05) is 17.8 Å². The SMILES string of the molecule is CCCN(N=O)[C@@H]1CCc2nc(N)sc2C1. The molecule has 6 heteroatoms. The fourth-order valence-electron chi connectivity index (χ4n) is 2.15. The molecule has 0 saturated heterocycles. The standard InChI is InChI=1S/C10H16N4OS/c1-2-5-14(13-15)7-3-4-8-9(6-7)16-10(11)12-8/h7H,2-6H2,1H3,(H2,11,12)/t7-/m1/s1. The molecule has 1 aromatic heterocycles. The van der Waals surface area contributed by atoms with Crippen LogP contribution in [0, 0.1) is 4.91 Å². The molecule has 16 heavy (non-hydrogen) atoms. The summed E-state index contributed by atoms with van der Waals surface area (Å²) in [6.07, 6.45) is 3.65. The lowest BCUT2D eigenvalue weighted by atomic mass is 9.97. The van der Waals surface area contributed by atoms with Gasteiger partial charge in [-0.1, -0.05) is 6.92 Å². The topological polar surface area (TPSA) is 71.6 Å². The minimum absolute atomic E-state index is 0.227. The Balaban J connectivity index is 2.08. The maximum Gasteiger partial charge on any atom is 0.180 e. The molecule has 0 bridgehead atoms. The summed E-state index contributed by atoms with van der Waals surface area (Å²) < 4.78 is 0. The normalized spacial score (nSPS) is 19.2. The zero-order valence-corrected chi connectivity index (χ0v) is 10.2. The van der Waals surface area contributed by atoms with Gasteiger partial charge in [0.25, 0.3) is 0 Å². The van der Waals surface area contributed by atoms with Gasteiger partial charge in [-0.3, -0.25) is 5.01 Å². The van der Waals surface area contributed by atoms with Crippen molar-refractivity contribution in [1.82, 2.24) is 9.99 Å². The highest BCUT2D eigenvalue weighted by Crippen LogP contribution is 2.30. The molecule has 1 aliphatic rings. The van der Waals surface area contributed by atoms with Crippen LogP contribution in [-0.2, 0) is 12.8 Å². The van der Waals surface area contributed by atoms with Gasteiger partial charge in [0.1, 0.15) is 0 Å². The molecule has 2 N–H and O–H groups in total. The van der Waals surface area contributed by atoms with E-state index >= 15 is 0 Å². The first-order chi connectivity index (χ1) is 7.74. The van der Waals surface area contributed by atoms with E-state index in [2.05, 4.69) is 17.2 Å². The number of anilines is 1. The zero-order chi connectivity index (χ0) is 11.5. The summed E-state index contributed by atoms with van der Waals surface area (Å²) in [5.74, 6) is 0. The molecule has 0 saturated carbocycles. The summed E-state index contributed by atoms with van der Waals surface area (Å²) in [6, 6.07) is 0.227. The van der Waals surface area contributed by atoms with Crippen LogP contribution < -0.4 is 5.73 Å². The zero-order valence-electron chi connectivity index (χ0n) is 9.35. The van der Waals surface area contributed by atoms with Crippen molar-refractivity contribution in [2.24, 2.45) is 5.29 Å². The minimum atomic E-state index is 0.227. The van der Waals surface area contributed by atoms with E-state index in [9.17, 15) is 4.91 Å². The van der Waals surface area contributed by atoms with Crippen LogP contribution in [0.2, 0.25) is 0 Å². The number of rotatable bonds is 4. The average Bonchev–Trinajstić information content (AvgIpc) is 2.64. The molecule has 0 spiro atoms. The molecule has 0 fully saturated rings. The molecular formula is C10H16N4OS. The van der Waals surface area contributed by atoms with Crippen LogP contribution in [0.3, 0.4) is 0 Å². The molecule has 1 aliphatic carbocycles. The summed E-state index contributed by atoms with van der Waals surface area (Å²) >= 11 is 1.54. The van der Waals surface area contributed by atoms with Crippen LogP contribution in [0.1, 0.15) is 30.3 Å². The quantitative estimate of drug-likeness (QED) is 0.645. The van der Waals surface area contributed by atoms with Crippen LogP contribution in [0.4, 0.5) is 5.13 Å². The molecule has 1 aromatic rings. The number of hydrogen-bond donors (Lipinski definition) is 1. The smallest absolute Gasteiger partial charge is 0.180 e. The number of nitroso groups, excluding NO2 is 1. The Hall–Kier alpha value is -1.17. The average molecular weight is 240 g/mol. The predicted octanol–water partition coefficient (Wildman–Crippen LogP) is 1.98. The Morgan fingerprint density at radius 2 is 2.50 bits per heavy atom. The third-order valence-corrected chi connectivity index (χ3v) is 3.86. The van der Waals surface area contributed by atoms with E-state index in [0.717, 1.165) is 37.9 Å². The number of nitrogens with two attached hydrogens (primary N) is 1. The second kappa shape index (κ2) is 4.78. The molecule has 2 rings (SSSR count). The largest absolute Gasteiger partial charge is 0.375 e. The van der Waals surface area contributed by atoms with Gasteiger partial charge in [-0.05, 0) is 19.3 Å². The van der Waals surface area contributed by atoms with Gasteiger partial charge in [-0.15, -0.1) is 16.2 Å². The van der Waals surface area contributed by atoms with Crippen LogP contribution in [-0.4, -0.2) is 22.6 Å². The molecule has 1 heterocycles. The summed E-state index contributed by atoms with van der Waals surface area (Å²) in [4.78, 5) is 16.3. The highest BCUT2D eigenvalue weighted by Gasteiger charge is 2.26. The molecule has 0 aromatic carbocycles.